The van der Waals surface area contributed by atoms with E-state index in [-0.39, 0.29) is 0 Å². The Hall–Kier alpha value is -2.60. The third kappa shape index (κ3) is 5.76. The quantitative estimate of drug-likeness (QED) is 0.452. The number of aryl methyl sites for hydroxylation is 1. The molecule has 0 radical (unpaired) electrons. The lowest BCUT2D eigenvalue weighted by atomic mass is 10.1. The molecule has 0 spiro atoms. The van der Waals surface area contributed by atoms with Crippen molar-refractivity contribution >= 4 is 23.5 Å². The molecule has 2 aromatic rings. The van der Waals surface area contributed by atoms with Gasteiger partial charge in [-0.15, -0.1) is 0 Å². The van der Waals surface area contributed by atoms with Gasteiger partial charge in [0.05, 0.1) is 12.8 Å². The van der Waals surface area contributed by atoms with Gasteiger partial charge in [0, 0.05) is 7.05 Å². The van der Waals surface area contributed by atoms with E-state index < -0.39 is 0 Å². The monoisotopic (exact) mass is 357 g/mol. The number of rotatable bonds is 7. The molecule has 0 atom stereocenters. The summed E-state index contributed by atoms with van der Waals surface area (Å²) in [5.41, 5.74) is 5.96. The standard InChI is InChI=1S/C19H23N3O2S/c1-4-23-18-11-15(12-21-22-19(25)20-3)9-10-17(18)24-13-16-8-6-5-7-14(16)2/h5-12H,4,13H2,1-3H3,(H2,20,22,25)/b21-12+. The van der Waals surface area contributed by atoms with Crippen molar-refractivity contribution in [3.63, 3.8) is 0 Å². The predicted molar refractivity (Wildman–Crippen MR) is 106 cm³/mol. The highest BCUT2D eigenvalue weighted by Crippen LogP contribution is 2.29. The molecule has 0 aliphatic heterocycles. The molecule has 0 unspecified atom stereocenters. The van der Waals surface area contributed by atoms with Gasteiger partial charge in [-0.2, -0.15) is 5.10 Å². The van der Waals surface area contributed by atoms with Crippen LogP contribution in [0.3, 0.4) is 0 Å². The molecule has 2 rings (SSSR count). The van der Waals surface area contributed by atoms with Crippen molar-refractivity contribution in [1.82, 2.24) is 10.7 Å². The van der Waals surface area contributed by atoms with Crippen molar-refractivity contribution in [2.75, 3.05) is 13.7 Å². The number of hydrazone groups is 1. The maximum absolute atomic E-state index is 5.96. The third-order valence-electron chi connectivity index (χ3n) is 3.52. The molecule has 0 bridgehead atoms. The fraction of sp³-hybridized carbons (Fsp3) is 0.263. The summed E-state index contributed by atoms with van der Waals surface area (Å²) in [7, 11) is 1.73. The molecule has 6 heteroatoms. The molecule has 0 saturated heterocycles. The van der Waals surface area contributed by atoms with Crippen molar-refractivity contribution < 1.29 is 9.47 Å². The molecule has 0 aliphatic rings. The lowest BCUT2D eigenvalue weighted by Gasteiger charge is -2.13. The number of benzene rings is 2. The van der Waals surface area contributed by atoms with Crippen LogP contribution in [0.25, 0.3) is 0 Å². The largest absolute Gasteiger partial charge is 0.490 e. The maximum atomic E-state index is 5.96. The van der Waals surface area contributed by atoms with E-state index in [1.54, 1.807) is 13.3 Å². The van der Waals surface area contributed by atoms with E-state index in [1.165, 1.54) is 5.56 Å². The van der Waals surface area contributed by atoms with Crippen molar-refractivity contribution in [3.8, 4) is 11.5 Å². The molecular formula is C19H23N3O2S. The Bertz CT molecular complexity index is 747. The van der Waals surface area contributed by atoms with Gasteiger partial charge in [0.1, 0.15) is 6.61 Å². The van der Waals surface area contributed by atoms with Crippen LogP contribution in [0.4, 0.5) is 0 Å². The Labute approximate surface area is 154 Å². The number of nitrogens with zero attached hydrogens (tertiary/aromatic N) is 1. The van der Waals surface area contributed by atoms with Gasteiger partial charge in [-0.3, -0.25) is 5.43 Å². The molecule has 5 nitrogen and oxygen atoms in total. The van der Waals surface area contributed by atoms with E-state index in [0.29, 0.717) is 29.8 Å². The summed E-state index contributed by atoms with van der Waals surface area (Å²) in [6.07, 6.45) is 1.68. The molecule has 0 aliphatic carbocycles. The van der Waals surface area contributed by atoms with Gasteiger partial charge in [-0.25, -0.2) is 0 Å². The van der Waals surface area contributed by atoms with Crippen molar-refractivity contribution in [2.24, 2.45) is 5.10 Å². The Balaban J connectivity index is 2.10. The molecule has 0 aromatic heterocycles. The summed E-state index contributed by atoms with van der Waals surface area (Å²) >= 11 is 4.97. The van der Waals surface area contributed by atoms with Gasteiger partial charge >= 0.3 is 0 Å². The average molecular weight is 357 g/mol. The normalized spacial score (nSPS) is 10.5. The van der Waals surface area contributed by atoms with E-state index >= 15 is 0 Å². The molecule has 0 saturated carbocycles. The SMILES string of the molecule is CCOc1cc(/C=N/NC(=S)NC)ccc1OCc1ccccc1C. The van der Waals surface area contributed by atoms with E-state index in [1.807, 2.05) is 37.3 Å². The minimum absolute atomic E-state index is 0.458. The number of ether oxygens (including phenoxy) is 2. The summed E-state index contributed by atoms with van der Waals surface area (Å²) in [5, 5.41) is 7.32. The fourth-order valence-electron chi connectivity index (χ4n) is 2.14. The van der Waals surface area contributed by atoms with E-state index in [0.717, 1.165) is 11.1 Å². The van der Waals surface area contributed by atoms with Gasteiger partial charge in [-0.05, 0) is 61.0 Å². The zero-order valence-corrected chi connectivity index (χ0v) is 15.5. The van der Waals surface area contributed by atoms with Crippen LogP contribution in [0.15, 0.2) is 47.6 Å². The Morgan fingerprint density at radius 3 is 2.68 bits per heavy atom. The maximum Gasteiger partial charge on any atom is 0.186 e. The average Bonchev–Trinajstić information content (AvgIpc) is 2.62. The van der Waals surface area contributed by atoms with E-state index in [9.17, 15) is 0 Å². The highest BCUT2D eigenvalue weighted by Gasteiger charge is 2.07. The summed E-state index contributed by atoms with van der Waals surface area (Å²) in [6.45, 7) is 5.07. The van der Waals surface area contributed by atoms with Crippen LogP contribution in [0.5, 0.6) is 11.5 Å². The molecule has 2 N–H and O–H groups in total. The summed E-state index contributed by atoms with van der Waals surface area (Å²) in [4.78, 5) is 0. The summed E-state index contributed by atoms with van der Waals surface area (Å²) in [5.74, 6) is 1.40. The van der Waals surface area contributed by atoms with Gasteiger partial charge in [0.15, 0.2) is 16.6 Å². The highest BCUT2D eigenvalue weighted by molar-refractivity contribution is 7.80. The minimum atomic E-state index is 0.458. The summed E-state index contributed by atoms with van der Waals surface area (Å²) < 4.78 is 11.7. The van der Waals surface area contributed by atoms with E-state index in [4.69, 9.17) is 21.7 Å². The first-order valence-electron chi connectivity index (χ1n) is 8.09. The fourth-order valence-corrected chi connectivity index (χ4v) is 2.19. The van der Waals surface area contributed by atoms with Crippen LogP contribution >= 0.6 is 12.2 Å². The molecule has 25 heavy (non-hydrogen) atoms. The van der Waals surface area contributed by atoms with Crippen LogP contribution in [0, 0.1) is 6.92 Å². The smallest absolute Gasteiger partial charge is 0.186 e. The minimum Gasteiger partial charge on any atom is -0.490 e. The topological polar surface area (TPSA) is 54.9 Å². The van der Waals surface area contributed by atoms with Crippen molar-refractivity contribution in [2.45, 2.75) is 20.5 Å². The van der Waals surface area contributed by atoms with Gasteiger partial charge in [0.25, 0.3) is 0 Å². The van der Waals surface area contributed by atoms with Crippen LogP contribution in [0.2, 0.25) is 0 Å². The first-order chi connectivity index (χ1) is 12.1. The Morgan fingerprint density at radius 1 is 1.16 bits per heavy atom. The third-order valence-corrected chi connectivity index (χ3v) is 3.81. The van der Waals surface area contributed by atoms with Gasteiger partial charge in [0.2, 0.25) is 0 Å². The molecule has 0 fully saturated rings. The molecule has 132 valence electrons. The number of hydrogen-bond donors (Lipinski definition) is 2. The lowest BCUT2D eigenvalue weighted by molar-refractivity contribution is 0.269. The zero-order valence-electron chi connectivity index (χ0n) is 14.7. The molecule has 0 amide bonds. The second-order valence-corrected chi connectivity index (χ2v) is 5.71. The molecule has 2 aromatic carbocycles. The van der Waals surface area contributed by atoms with Crippen LogP contribution < -0.4 is 20.2 Å². The predicted octanol–water partition coefficient (Wildman–Crippen LogP) is 3.40. The van der Waals surface area contributed by atoms with Crippen molar-refractivity contribution in [3.05, 3.63) is 59.2 Å². The Morgan fingerprint density at radius 2 is 1.96 bits per heavy atom. The van der Waals surface area contributed by atoms with Crippen LogP contribution in [0.1, 0.15) is 23.6 Å². The molecular weight excluding hydrogens is 334 g/mol. The number of hydrogen-bond acceptors (Lipinski definition) is 4. The van der Waals surface area contributed by atoms with Gasteiger partial charge < -0.3 is 14.8 Å². The summed E-state index contributed by atoms with van der Waals surface area (Å²) in [6, 6.07) is 13.9. The lowest BCUT2D eigenvalue weighted by Crippen LogP contribution is -2.28. The van der Waals surface area contributed by atoms with E-state index in [2.05, 4.69) is 34.9 Å². The zero-order chi connectivity index (χ0) is 18.1. The number of nitrogens with one attached hydrogen (secondary N) is 2. The van der Waals surface area contributed by atoms with Crippen molar-refractivity contribution in [1.29, 1.82) is 0 Å². The van der Waals surface area contributed by atoms with Gasteiger partial charge in [-0.1, -0.05) is 24.3 Å². The highest BCUT2D eigenvalue weighted by atomic mass is 32.1. The second-order valence-electron chi connectivity index (χ2n) is 5.30. The number of thiocarbonyl (C=S) groups is 1. The van der Waals surface area contributed by atoms with Crippen LogP contribution in [-0.4, -0.2) is 25.0 Å². The molecule has 0 heterocycles. The first-order valence-corrected chi connectivity index (χ1v) is 8.49. The Kier molecular flexibility index (Phi) is 7.22. The first kappa shape index (κ1) is 18.7. The second kappa shape index (κ2) is 9.64. The van der Waals surface area contributed by atoms with Crippen LogP contribution in [-0.2, 0) is 6.61 Å².